The van der Waals surface area contributed by atoms with Gasteiger partial charge in [0.2, 0.25) is 23.5 Å². The van der Waals surface area contributed by atoms with Crippen molar-refractivity contribution in [1.82, 2.24) is 24.3 Å². The molecule has 0 saturated carbocycles. The molecule has 19 nitrogen and oxygen atoms in total. The maximum atomic E-state index is 13.3. The van der Waals surface area contributed by atoms with Crippen LogP contribution in [0.3, 0.4) is 0 Å². The van der Waals surface area contributed by atoms with Gasteiger partial charge in [-0.1, -0.05) is 5.16 Å². The first kappa shape index (κ1) is 34.9. The van der Waals surface area contributed by atoms with Crippen LogP contribution in [0.15, 0.2) is 22.3 Å². The lowest BCUT2D eigenvalue weighted by Gasteiger charge is -2.51. The Kier molecular flexibility index (Phi) is 10.9. The third kappa shape index (κ3) is 7.21. The van der Waals surface area contributed by atoms with Gasteiger partial charge in [-0.3, -0.25) is 14.9 Å². The minimum absolute atomic E-state index is 0. The molecule has 2 unspecified atom stereocenters. The number of nitrogen functional groups attached to an aromatic ring is 2. The van der Waals surface area contributed by atoms with E-state index in [0.717, 1.165) is 11.5 Å². The highest BCUT2D eigenvalue weighted by Crippen LogP contribution is 2.44. The van der Waals surface area contributed by atoms with Gasteiger partial charge in [0.25, 0.3) is 0 Å². The van der Waals surface area contributed by atoms with E-state index >= 15 is 0 Å². The number of anilines is 3. The number of aliphatic carboxylic acids is 1. The number of aldehydes is 1. The number of nitrogens with one attached hydrogen (secondary N) is 2. The minimum Gasteiger partial charge on any atom is -0.870 e. The monoisotopic (exact) mass is 667 g/mol. The number of hydrogen-bond acceptors (Lipinski definition) is 15. The molecular weight excluding hydrogens is 634 g/mol. The molecule has 4 rings (SSSR count). The van der Waals surface area contributed by atoms with Crippen LogP contribution in [0, 0.1) is 5.92 Å². The third-order valence-corrected chi connectivity index (χ3v) is 8.69. The first-order chi connectivity index (χ1) is 20.8. The van der Waals surface area contributed by atoms with Gasteiger partial charge in [-0.15, -0.1) is 21.1 Å². The Labute approximate surface area is 264 Å². The van der Waals surface area contributed by atoms with Gasteiger partial charge in [-0.2, -0.15) is 9.36 Å². The van der Waals surface area contributed by atoms with Crippen molar-refractivity contribution in [2.75, 3.05) is 29.9 Å². The molecule has 10 N–H and O–H groups in total. The van der Waals surface area contributed by atoms with E-state index in [-0.39, 0.29) is 54.0 Å². The van der Waals surface area contributed by atoms with Crippen molar-refractivity contribution in [3.05, 3.63) is 23.0 Å². The summed E-state index contributed by atoms with van der Waals surface area (Å²) < 4.78 is 7.24. The lowest BCUT2D eigenvalue weighted by atomic mass is 9.88. The number of nitrogens with zero attached hydrogens (tertiary/aromatic N) is 6. The number of oxime groups is 1. The fraction of sp³-hybridized carbons (Fsp3) is 0.458. The van der Waals surface area contributed by atoms with Crippen LogP contribution in [-0.4, -0.2) is 95.3 Å². The number of carbonyl (C=O) groups excluding carboxylic acids is 4. The number of nitrogens with two attached hydrogens (primary N) is 3. The van der Waals surface area contributed by atoms with E-state index in [0.29, 0.717) is 17.5 Å². The molecule has 2 aliphatic rings. The molecule has 0 bridgehead atoms. The van der Waals surface area contributed by atoms with Gasteiger partial charge in [0.15, 0.2) is 34.7 Å². The molecule has 0 radical (unpaired) electrons. The number of aromatic nitrogens is 4. The number of carbonyl (C=O) groups is 5. The average Bonchev–Trinajstić information content (AvgIpc) is 3.52. The highest BCUT2D eigenvalue weighted by atomic mass is 32.2. The zero-order chi connectivity index (χ0) is 32.3. The molecule has 2 aromatic rings. The first-order valence-corrected chi connectivity index (χ1v) is 14.8. The molecule has 0 aromatic carbocycles. The average molecular weight is 668 g/mol. The second kappa shape index (κ2) is 14.0. The number of ketones is 1. The second-order valence-corrected chi connectivity index (χ2v) is 12.1. The van der Waals surface area contributed by atoms with Gasteiger partial charge >= 0.3 is 12.0 Å². The lowest BCUT2D eigenvalue weighted by molar-refractivity contribution is -0.765. The Hall–Kier alpha value is -4.60. The van der Waals surface area contributed by atoms with Crippen molar-refractivity contribution < 1.29 is 44.1 Å². The molecule has 0 spiro atoms. The van der Waals surface area contributed by atoms with Crippen LogP contribution >= 0.6 is 23.3 Å². The molecule has 45 heavy (non-hydrogen) atoms. The van der Waals surface area contributed by atoms with Crippen LogP contribution in [0.1, 0.15) is 26.1 Å². The van der Waals surface area contributed by atoms with Crippen molar-refractivity contribution in [2.24, 2.45) is 23.9 Å². The van der Waals surface area contributed by atoms with Crippen LogP contribution in [0.2, 0.25) is 0 Å². The van der Waals surface area contributed by atoms with E-state index in [2.05, 4.69) is 25.1 Å². The fourth-order valence-electron chi connectivity index (χ4n) is 4.33. The molecule has 1 saturated heterocycles. The van der Waals surface area contributed by atoms with Crippen LogP contribution in [0.5, 0.6) is 0 Å². The summed E-state index contributed by atoms with van der Waals surface area (Å²) in [7, 11) is 1.68. The van der Waals surface area contributed by atoms with Crippen LogP contribution in [0.25, 0.3) is 0 Å². The number of Topliss-reactive ketones (excluding diaryl/α,β-unsaturated/α-hetero) is 1. The second-order valence-electron chi connectivity index (χ2n) is 10.3. The minimum atomic E-state index is -1.76. The van der Waals surface area contributed by atoms with Crippen molar-refractivity contribution in [3.63, 3.8) is 0 Å². The molecule has 21 heteroatoms. The quantitative estimate of drug-likeness (QED) is 0.0464. The van der Waals surface area contributed by atoms with Gasteiger partial charge < -0.3 is 47.6 Å². The van der Waals surface area contributed by atoms with Gasteiger partial charge in [0.05, 0.1) is 18.3 Å². The first-order valence-electron chi connectivity index (χ1n) is 13.1. The third-order valence-electron chi connectivity index (χ3n) is 6.87. The molecule has 3 amide bonds. The van der Waals surface area contributed by atoms with Gasteiger partial charge in [-0.25, -0.2) is 9.59 Å². The Morgan fingerprint density at radius 3 is 2.62 bits per heavy atom. The van der Waals surface area contributed by atoms with Crippen molar-refractivity contribution in [2.45, 2.75) is 43.8 Å². The van der Waals surface area contributed by atoms with Gasteiger partial charge in [0, 0.05) is 36.6 Å². The van der Waals surface area contributed by atoms with Gasteiger partial charge in [0.1, 0.15) is 12.3 Å². The molecule has 4 heterocycles. The number of carboxylic acid groups (broad SMARTS) is 1. The highest BCUT2D eigenvalue weighted by molar-refractivity contribution is 8.02. The summed E-state index contributed by atoms with van der Waals surface area (Å²) in [5.41, 5.74) is 16.0. The Morgan fingerprint density at radius 1 is 1.31 bits per heavy atom. The summed E-state index contributed by atoms with van der Waals surface area (Å²) in [4.78, 5) is 72.8. The molecule has 2 aromatic heterocycles. The summed E-state index contributed by atoms with van der Waals surface area (Å²) in [6, 6.07) is -1.38. The molecular formula is C24H33N11O8S2. The number of hydrogen-bond donors (Lipinski definition) is 6. The SMILES string of the molecule is Cn1c(N)c(NC(=O)NCCN)c[n+]1CC1=CSC2[C@H](CC(=O)/C(=N\OC(C)(C)C(=O)O)c3nsc(N)n3)C(=O)N2C1C=O.[OH-]. The highest BCUT2D eigenvalue weighted by Gasteiger charge is 2.54. The van der Waals surface area contributed by atoms with Crippen LogP contribution in [-0.2, 0) is 37.6 Å². The standard InChI is InChI=1S/C24H31N11O7S2.H2O/c1-24(2,21(39)40)42-31-16(18-30-22(27)44-32-18)15(37)6-12-19(38)35-14(9-36)11(10-43-20(12)35)7-34-8-13(17(26)33(34)3)29-23(41)28-5-4-25;/h8-10,12,14,20,26H,4-7,25H2,1-3H3,(H5,27,28,29,30,32,39,40,41);1H2/b31-16+;/t12-,14?,20?;/m1./s1. The number of amides is 3. The zero-order valence-corrected chi connectivity index (χ0v) is 26.0. The van der Waals surface area contributed by atoms with Crippen LogP contribution < -0.4 is 32.5 Å². The maximum Gasteiger partial charge on any atom is 0.350 e. The summed E-state index contributed by atoms with van der Waals surface area (Å²) >= 11 is 2.08. The largest absolute Gasteiger partial charge is 0.870 e. The maximum absolute atomic E-state index is 13.3. The van der Waals surface area contributed by atoms with Crippen molar-refractivity contribution >= 4 is 75.6 Å². The van der Waals surface area contributed by atoms with E-state index in [1.54, 1.807) is 28.0 Å². The molecule has 2 aliphatic heterocycles. The van der Waals surface area contributed by atoms with E-state index in [1.807, 2.05) is 0 Å². The van der Waals surface area contributed by atoms with Crippen molar-refractivity contribution in [1.29, 1.82) is 0 Å². The van der Waals surface area contributed by atoms with E-state index in [4.69, 9.17) is 22.0 Å². The number of β-lactam (4-membered cyclic amide) rings is 1. The molecule has 1 fully saturated rings. The number of carboxylic acids is 1. The Balaban J connectivity index is 0.00000552. The topological polar surface area (TPSA) is 297 Å². The van der Waals surface area contributed by atoms with E-state index < -0.39 is 46.6 Å². The summed E-state index contributed by atoms with van der Waals surface area (Å²) in [5.74, 6) is -3.10. The Bertz CT molecular complexity index is 1550. The number of fused-ring (bicyclic) bond motifs is 1. The molecule has 3 atom stereocenters. The molecule has 0 aliphatic carbocycles. The normalized spacial score (nSPS) is 19.4. The number of rotatable bonds is 13. The zero-order valence-electron chi connectivity index (χ0n) is 24.4. The van der Waals surface area contributed by atoms with Gasteiger partial charge in [-0.05, 0) is 19.3 Å². The molecule has 244 valence electrons. The smallest absolute Gasteiger partial charge is 0.350 e. The summed E-state index contributed by atoms with van der Waals surface area (Å²) in [6.45, 7) is 3.22. The fourth-order valence-corrected chi connectivity index (χ4v) is 6.06. The summed E-state index contributed by atoms with van der Waals surface area (Å²) in [5, 5.41) is 19.6. The predicted molar refractivity (Wildman–Crippen MR) is 161 cm³/mol. The number of thioether (sulfide) groups is 1. The van der Waals surface area contributed by atoms with Crippen molar-refractivity contribution in [3.8, 4) is 0 Å². The van der Waals surface area contributed by atoms with Crippen LogP contribution in [0.4, 0.5) is 21.4 Å². The lowest BCUT2D eigenvalue weighted by Crippen LogP contribution is -2.66. The predicted octanol–water partition coefficient (Wildman–Crippen LogP) is -1.54. The van der Waals surface area contributed by atoms with E-state index in [9.17, 15) is 29.1 Å². The van der Waals surface area contributed by atoms with E-state index in [1.165, 1.54) is 30.5 Å². The number of urea groups is 1. The Morgan fingerprint density at radius 2 is 2.02 bits per heavy atom. The summed E-state index contributed by atoms with van der Waals surface area (Å²) in [6.07, 6.45) is 1.93.